The minimum absolute atomic E-state index is 0.0788. The number of carbonyl (C=O) groups excluding carboxylic acids is 2. The van der Waals surface area contributed by atoms with Crippen LogP contribution in [0.4, 0.5) is 0 Å². The molecule has 0 heterocycles. The van der Waals surface area contributed by atoms with Crippen LogP contribution in [0, 0.1) is 0 Å². The van der Waals surface area contributed by atoms with Gasteiger partial charge in [0.1, 0.15) is 0 Å². The van der Waals surface area contributed by atoms with E-state index in [-0.39, 0.29) is 18.7 Å². The highest BCUT2D eigenvalue weighted by molar-refractivity contribution is 5.81. The molecule has 0 bridgehead atoms. The number of carbonyl (C=O) groups is 2. The van der Waals surface area contributed by atoms with Crippen molar-refractivity contribution in [3.8, 4) is 11.5 Å². The smallest absolute Gasteiger partial charge is 0.306 e. The van der Waals surface area contributed by atoms with Gasteiger partial charge in [0.25, 0.3) is 0 Å². The van der Waals surface area contributed by atoms with Crippen molar-refractivity contribution in [3.63, 3.8) is 0 Å². The highest BCUT2D eigenvalue weighted by Crippen LogP contribution is 2.28. The van der Waals surface area contributed by atoms with E-state index >= 15 is 0 Å². The Morgan fingerprint density at radius 1 is 1.14 bits per heavy atom. The Morgan fingerprint density at radius 2 is 1.91 bits per heavy atom. The number of nitrogens with one attached hydrogen (secondary N) is 1. The highest BCUT2D eigenvalue weighted by atomic mass is 16.5. The van der Waals surface area contributed by atoms with Crippen molar-refractivity contribution in [2.45, 2.75) is 32.7 Å². The predicted molar refractivity (Wildman–Crippen MR) is 81.9 cm³/mol. The Hall–Kier alpha value is -2.24. The molecule has 6 heteroatoms. The van der Waals surface area contributed by atoms with Crippen molar-refractivity contribution in [1.82, 2.24) is 5.32 Å². The molecule has 0 atom stereocenters. The zero-order valence-electron chi connectivity index (χ0n) is 13.3. The molecule has 0 fully saturated rings. The summed E-state index contributed by atoms with van der Waals surface area (Å²) in [5.74, 6) is 0.727. The first-order valence-corrected chi connectivity index (χ1v) is 7.24. The number of benzene rings is 1. The van der Waals surface area contributed by atoms with Gasteiger partial charge in [0, 0.05) is 13.0 Å². The fourth-order valence-corrected chi connectivity index (χ4v) is 1.76. The Kier molecular flexibility index (Phi) is 7.81. The van der Waals surface area contributed by atoms with Gasteiger partial charge in [0.15, 0.2) is 11.5 Å². The van der Waals surface area contributed by atoms with Gasteiger partial charge in [-0.2, -0.15) is 0 Å². The average Bonchev–Trinajstić information content (AvgIpc) is 2.55. The van der Waals surface area contributed by atoms with Gasteiger partial charge in [0.05, 0.1) is 27.2 Å². The van der Waals surface area contributed by atoms with Crippen molar-refractivity contribution in [3.05, 3.63) is 23.8 Å². The van der Waals surface area contributed by atoms with Crippen molar-refractivity contribution < 1.29 is 23.8 Å². The number of hydrogen-bond acceptors (Lipinski definition) is 5. The molecule has 1 amide bonds. The Balaban J connectivity index is 2.52. The summed E-state index contributed by atoms with van der Waals surface area (Å²) >= 11 is 0. The van der Waals surface area contributed by atoms with Crippen LogP contribution in [0.3, 0.4) is 0 Å². The number of rotatable bonds is 9. The van der Waals surface area contributed by atoms with Crippen molar-refractivity contribution in [2.24, 2.45) is 0 Å². The molecule has 0 saturated heterocycles. The summed E-state index contributed by atoms with van der Waals surface area (Å²) < 4.78 is 15.3. The van der Waals surface area contributed by atoms with Crippen LogP contribution in [0.5, 0.6) is 11.5 Å². The predicted octanol–water partition coefficient (Wildman–Crippen LogP) is 2.05. The molecule has 1 N–H and O–H groups in total. The first-order valence-electron chi connectivity index (χ1n) is 7.24. The lowest BCUT2D eigenvalue weighted by Gasteiger charge is -2.12. The zero-order chi connectivity index (χ0) is 16.4. The van der Waals surface area contributed by atoms with Crippen LogP contribution in [0.25, 0.3) is 0 Å². The van der Waals surface area contributed by atoms with E-state index in [1.54, 1.807) is 7.11 Å². The summed E-state index contributed by atoms with van der Waals surface area (Å²) in [6.07, 6.45) is 1.11. The molecule has 0 unspecified atom stereocenters. The minimum atomic E-state index is -0.394. The monoisotopic (exact) mass is 309 g/mol. The van der Waals surface area contributed by atoms with Gasteiger partial charge in [-0.25, -0.2) is 0 Å². The molecular weight excluding hydrogens is 286 g/mol. The van der Waals surface area contributed by atoms with Gasteiger partial charge >= 0.3 is 5.97 Å². The van der Waals surface area contributed by atoms with Crippen LogP contribution < -0.4 is 14.8 Å². The summed E-state index contributed by atoms with van der Waals surface area (Å²) in [4.78, 5) is 22.6. The largest absolute Gasteiger partial charge is 0.493 e. The van der Waals surface area contributed by atoms with E-state index < -0.39 is 5.97 Å². The summed E-state index contributed by atoms with van der Waals surface area (Å²) in [5.41, 5.74) is 0.895. The van der Waals surface area contributed by atoms with Gasteiger partial charge in [-0.1, -0.05) is 13.0 Å². The molecule has 22 heavy (non-hydrogen) atoms. The lowest BCUT2D eigenvalue weighted by Crippen LogP contribution is -2.23. The first kappa shape index (κ1) is 17.8. The van der Waals surface area contributed by atoms with Crippen molar-refractivity contribution in [1.29, 1.82) is 0 Å². The maximum Gasteiger partial charge on any atom is 0.306 e. The molecule has 0 radical (unpaired) electrons. The molecule has 0 aliphatic carbocycles. The van der Waals surface area contributed by atoms with E-state index in [1.807, 2.05) is 25.1 Å². The van der Waals surface area contributed by atoms with Gasteiger partial charge in [-0.3, -0.25) is 9.59 Å². The maximum absolute atomic E-state index is 11.6. The second kappa shape index (κ2) is 9.65. The molecule has 6 nitrogen and oxygen atoms in total. The molecule has 0 aromatic heterocycles. The molecule has 1 rings (SSSR count). The highest BCUT2D eigenvalue weighted by Gasteiger charge is 2.08. The van der Waals surface area contributed by atoms with E-state index in [9.17, 15) is 9.59 Å². The number of esters is 1. The van der Waals surface area contributed by atoms with E-state index in [0.717, 1.165) is 12.0 Å². The molecule has 0 aliphatic heterocycles. The molecule has 0 saturated carbocycles. The second-order valence-corrected chi connectivity index (χ2v) is 4.69. The molecule has 0 spiro atoms. The third-order valence-electron chi connectivity index (χ3n) is 2.96. The van der Waals surface area contributed by atoms with Gasteiger partial charge < -0.3 is 19.5 Å². The molecular formula is C16H23NO5. The zero-order valence-corrected chi connectivity index (χ0v) is 13.3. The standard InChI is InChI=1S/C16H23NO5/c1-4-9-22-13-6-5-12(10-14(13)20-2)11-17-15(18)7-8-16(19)21-3/h5-6,10H,4,7-9,11H2,1-3H3,(H,17,18). The van der Waals surface area contributed by atoms with E-state index in [4.69, 9.17) is 9.47 Å². The fourth-order valence-electron chi connectivity index (χ4n) is 1.76. The lowest BCUT2D eigenvalue weighted by atomic mass is 10.2. The van der Waals surface area contributed by atoms with Crippen LogP contribution >= 0.6 is 0 Å². The number of hydrogen-bond donors (Lipinski definition) is 1. The van der Waals surface area contributed by atoms with E-state index in [2.05, 4.69) is 10.1 Å². The van der Waals surface area contributed by atoms with Crippen LogP contribution in [0.2, 0.25) is 0 Å². The van der Waals surface area contributed by atoms with Gasteiger partial charge in [0.2, 0.25) is 5.91 Å². The number of ether oxygens (including phenoxy) is 3. The summed E-state index contributed by atoms with van der Waals surface area (Å²) in [5, 5.41) is 2.75. The summed E-state index contributed by atoms with van der Waals surface area (Å²) in [6, 6.07) is 5.52. The van der Waals surface area contributed by atoms with E-state index in [0.29, 0.717) is 24.7 Å². The van der Waals surface area contributed by atoms with Gasteiger partial charge in [-0.05, 0) is 24.1 Å². The van der Waals surface area contributed by atoms with Crippen LogP contribution in [0.1, 0.15) is 31.7 Å². The quantitative estimate of drug-likeness (QED) is 0.707. The summed E-state index contributed by atoms with van der Waals surface area (Å²) in [7, 11) is 2.88. The third kappa shape index (κ3) is 6.03. The molecule has 122 valence electrons. The average molecular weight is 309 g/mol. The molecule has 0 aliphatic rings. The summed E-state index contributed by atoms with van der Waals surface area (Å²) in [6.45, 7) is 3.02. The van der Waals surface area contributed by atoms with Crippen LogP contribution in [-0.2, 0) is 20.9 Å². The fraction of sp³-hybridized carbons (Fsp3) is 0.500. The Labute approximate surface area is 130 Å². The Bertz CT molecular complexity index is 501. The Morgan fingerprint density at radius 3 is 2.55 bits per heavy atom. The topological polar surface area (TPSA) is 73.9 Å². The van der Waals surface area contributed by atoms with Crippen molar-refractivity contribution >= 4 is 11.9 Å². The maximum atomic E-state index is 11.6. The number of amides is 1. The first-order chi connectivity index (χ1) is 10.6. The second-order valence-electron chi connectivity index (χ2n) is 4.69. The third-order valence-corrected chi connectivity index (χ3v) is 2.96. The van der Waals surface area contributed by atoms with Crippen LogP contribution in [-0.4, -0.2) is 32.7 Å². The van der Waals surface area contributed by atoms with Crippen molar-refractivity contribution in [2.75, 3.05) is 20.8 Å². The molecule has 1 aromatic rings. The van der Waals surface area contributed by atoms with E-state index in [1.165, 1.54) is 7.11 Å². The number of methoxy groups -OCH3 is 2. The minimum Gasteiger partial charge on any atom is -0.493 e. The molecule has 1 aromatic carbocycles. The van der Waals surface area contributed by atoms with Crippen LogP contribution in [0.15, 0.2) is 18.2 Å². The van der Waals surface area contributed by atoms with Gasteiger partial charge in [-0.15, -0.1) is 0 Å². The normalized spacial score (nSPS) is 9.95. The SMILES string of the molecule is CCCOc1ccc(CNC(=O)CCC(=O)OC)cc1OC. The lowest BCUT2D eigenvalue weighted by molar-refractivity contribution is -0.142.